The van der Waals surface area contributed by atoms with Crippen LogP contribution in [-0.4, -0.2) is 9.38 Å². The number of nitrogens with zero attached hydrogens (tertiary/aromatic N) is 2. The van der Waals surface area contributed by atoms with Crippen LogP contribution in [0.2, 0.25) is 0 Å². The van der Waals surface area contributed by atoms with Crippen molar-refractivity contribution in [2.24, 2.45) is 0 Å². The minimum Gasteiger partial charge on any atom is -0.292 e. The molecular formula is C31H16N2S2. The van der Waals surface area contributed by atoms with Crippen LogP contribution in [0.1, 0.15) is 0 Å². The van der Waals surface area contributed by atoms with Gasteiger partial charge in [-0.1, -0.05) is 60.7 Å². The van der Waals surface area contributed by atoms with Crippen LogP contribution in [0.5, 0.6) is 0 Å². The van der Waals surface area contributed by atoms with E-state index in [1.54, 1.807) is 0 Å². The van der Waals surface area contributed by atoms with Gasteiger partial charge in [0.05, 0.1) is 16.6 Å². The van der Waals surface area contributed by atoms with Gasteiger partial charge in [-0.25, -0.2) is 4.98 Å². The van der Waals surface area contributed by atoms with E-state index in [0.717, 1.165) is 16.7 Å². The lowest BCUT2D eigenvalue weighted by atomic mass is 10.0. The van der Waals surface area contributed by atoms with Gasteiger partial charge in [-0.05, 0) is 41.8 Å². The maximum absolute atomic E-state index is 5.22. The SMILES string of the molecule is c1ccc2c(c1)nc1c3c(ccc4c5ccccc5sc43)c3cc4sc5ccccc5c4cc3n21. The minimum absolute atomic E-state index is 1.04. The zero-order valence-electron chi connectivity index (χ0n) is 18.4. The normalized spacial score (nSPS) is 12.6. The van der Waals surface area contributed by atoms with Crippen molar-refractivity contribution in [1.82, 2.24) is 9.38 Å². The van der Waals surface area contributed by atoms with Gasteiger partial charge in [-0.2, -0.15) is 0 Å². The van der Waals surface area contributed by atoms with Gasteiger partial charge in [0.25, 0.3) is 0 Å². The lowest BCUT2D eigenvalue weighted by Gasteiger charge is -2.10. The summed E-state index contributed by atoms with van der Waals surface area (Å²) in [7, 11) is 0. The van der Waals surface area contributed by atoms with Crippen LogP contribution < -0.4 is 0 Å². The first-order valence-electron chi connectivity index (χ1n) is 11.7. The van der Waals surface area contributed by atoms with E-state index in [1.165, 1.54) is 62.0 Å². The molecule has 0 N–H and O–H groups in total. The van der Waals surface area contributed by atoms with E-state index in [4.69, 9.17) is 4.98 Å². The molecule has 0 amide bonds. The molecular weight excluding hydrogens is 464 g/mol. The second kappa shape index (κ2) is 6.36. The number of hydrogen-bond acceptors (Lipinski definition) is 3. The number of rotatable bonds is 0. The molecule has 0 saturated heterocycles. The summed E-state index contributed by atoms with van der Waals surface area (Å²) in [6.07, 6.45) is 0. The highest BCUT2D eigenvalue weighted by Crippen LogP contribution is 2.44. The summed E-state index contributed by atoms with van der Waals surface area (Å²) in [5, 5.41) is 9.10. The molecule has 5 aromatic carbocycles. The number of pyridine rings is 1. The van der Waals surface area contributed by atoms with Crippen LogP contribution in [0, 0.1) is 0 Å². The summed E-state index contributed by atoms with van der Waals surface area (Å²) >= 11 is 3.76. The average Bonchev–Trinajstić information content (AvgIpc) is 3.58. The molecule has 9 aromatic rings. The molecule has 0 aliphatic rings. The highest BCUT2D eigenvalue weighted by atomic mass is 32.1. The Labute approximate surface area is 207 Å². The van der Waals surface area contributed by atoms with Gasteiger partial charge in [-0.15, -0.1) is 22.7 Å². The standard InChI is InChI=1S/C31H16N2S2/c1-6-12-27-17(7-1)20-14-13-19-21-16-28-22(18-8-2-5-11-26(18)34-28)15-25(21)33-24-10-4-3-9-23(24)32-31(33)29(19)30(20)35-27/h1-16H. The van der Waals surface area contributed by atoms with Crippen molar-refractivity contribution in [2.45, 2.75) is 0 Å². The number of aromatic nitrogens is 2. The van der Waals surface area contributed by atoms with E-state index in [1.807, 2.05) is 22.7 Å². The zero-order chi connectivity index (χ0) is 22.7. The van der Waals surface area contributed by atoms with E-state index >= 15 is 0 Å². The molecule has 35 heavy (non-hydrogen) atoms. The number of fused-ring (bicyclic) bond motifs is 15. The van der Waals surface area contributed by atoms with Crippen molar-refractivity contribution >= 4 is 101 Å². The highest BCUT2D eigenvalue weighted by Gasteiger charge is 2.19. The Bertz CT molecular complexity index is 2330. The second-order valence-corrected chi connectivity index (χ2v) is 11.3. The lowest BCUT2D eigenvalue weighted by molar-refractivity contribution is 1.32. The second-order valence-electron chi connectivity index (χ2n) is 9.19. The van der Waals surface area contributed by atoms with Crippen molar-refractivity contribution in [3.8, 4) is 0 Å². The monoisotopic (exact) mass is 480 g/mol. The summed E-state index contributed by atoms with van der Waals surface area (Å²) in [4.78, 5) is 5.22. The predicted molar refractivity (Wildman–Crippen MR) is 153 cm³/mol. The molecule has 0 fully saturated rings. The van der Waals surface area contributed by atoms with Crippen molar-refractivity contribution in [3.05, 3.63) is 97.1 Å². The van der Waals surface area contributed by atoms with E-state index < -0.39 is 0 Å². The van der Waals surface area contributed by atoms with E-state index in [-0.39, 0.29) is 0 Å². The third kappa shape index (κ3) is 2.26. The topological polar surface area (TPSA) is 17.3 Å². The van der Waals surface area contributed by atoms with Gasteiger partial charge in [0.15, 0.2) is 0 Å². The molecule has 162 valence electrons. The first kappa shape index (κ1) is 18.4. The van der Waals surface area contributed by atoms with Gasteiger partial charge < -0.3 is 0 Å². The molecule has 0 atom stereocenters. The minimum atomic E-state index is 1.04. The lowest BCUT2D eigenvalue weighted by Crippen LogP contribution is -1.91. The Kier molecular flexibility index (Phi) is 3.34. The fourth-order valence-electron chi connectivity index (χ4n) is 5.83. The fourth-order valence-corrected chi connectivity index (χ4v) is 8.21. The van der Waals surface area contributed by atoms with Crippen molar-refractivity contribution in [3.63, 3.8) is 0 Å². The van der Waals surface area contributed by atoms with Crippen LogP contribution in [0.15, 0.2) is 97.1 Å². The van der Waals surface area contributed by atoms with E-state index in [9.17, 15) is 0 Å². The van der Waals surface area contributed by atoms with Gasteiger partial charge >= 0.3 is 0 Å². The quantitative estimate of drug-likeness (QED) is 0.198. The molecule has 4 heterocycles. The summed E-state index contributed by atoms with van der Waals surface area (Å²) in [6.45, 7) is 0. The third-order valence-electron chi connectivity index (χ3n) is 7.36. The summed E-state index contributed by atoms with van der Waals surface area (Å²) < 4.78 is 7.70. The maximum Gasteiger partial charge on any atom is 0.147 e. The van der Waals surface area contributed by atoms with Crippen LogP contribution in [0.4, 0.5) is 0 Å². The van der Waals surface area contributed by atoms with Crippen LogP contribution >= 0.6 is 22.7 Å². The Morgan fingerprint density at radius 3 is 2.11 bits per heavy atom. The number of imidazole rings is 1. The predicted octanol–water partition coefficient (Wildman–Crippen LogP) is 9.53. The molecule has 9 rings (SSSR count). The average molecular weight is 481 g/mol. The molecule has 0 saturated carbocycles. The largest absolute Gasteiger partial charge is 0.292 e. The van der Waals surface area contributed by atoms with E-state index in [2.05, 4.69) is 101 Å². The fraction of sp³-hybridized carbons (Fsp3) is 0. The Morgan fingerprint density at radius 1 is 0.514 bits per heavy atom. The number of benzene rings is 5. The van der Waals surface area contributed by atoms with Crippen LogP contribution in [-0.2, 0) is 0 Å². The molecule has 2 nitrogen and oxygen atoms in total. The highest BCUT2D eigenvalue weighted by molar-refractivity contribution is 7.27. The van der Waals surface area contributed by atoms with Crippen molar-refractivity contribution in [1.29, 1.82) is 0 Å². The smallest absolute Gasteiger partial charge is 0.147 e. The Balaban J connectivity index is 1.62. The first-order chi connectivity index (χ1) is 17.3. The van der Waals surface area contributed by atoms with Gasteiger partial charge in [0.1, 0.15) is 5.65 Å². The maximum atomic E-state index is 5.22. The molecule has 4 heteroatoms. The molecule has 0 aliphatic carbocycles. The summed E-state index contributed by atoms with van der Waals surface area (Å²) in [5.74, 6) is 0. The van der Waals surface area contributed by atoms with Crippen LogP contribution in [0.25, 0.3) is 78.7 Å². The summed E-state index contributed by atoms with van der Waals surface area (Å²) in [6, 6.07) is 35.4. The number of para-hydroxylation sites is 2. The van der Waals surface area contributed by atoms with E-state index in [0.29, 0.717) is 0 Å². The van der Waals surface area contributed by atoms with Gasteiger partial charge in [0, 0.05) is 51.1 Å². The molecule has 4 aromatic heterocycles. The first-order valence-corrected chi connectivity index (χ1v) is 13.4. The molecule has 0 spiro atoms. The van der Waals surface area contributed by atoms with Crippen LogP contribution in [0.3, 0.4) is 0 Å². The Morgan fingerprint density at radius 2 is 1.23 bits per heavy atom. The van der Waals surface area contributed by atoms with Crippen molar-refractivity contribution in [2.75, 3.05) is 0 Å². The molecule has 0 bridgehead atoms. The molecule has 0 aliphatic heterocycles. The summed E-state index contributed by atoms with van der Waals surface area (Å²) in [5.41, 5.74) is 4.46. The number of thiophene rings is 2. The molecule has 0 radical (unpaired) electrons. The Hall–Kier alpha value is -3.99. The number of hydrogen-bond donors (Lipinski definition) is 0. The third-order valence-corrected chi connectivity index (χ3v) is 9.70. The van der Waals surface area contributed by atoms with Crippen molar-refractivity contribution < 1.29 is 0 Å². The zero-order valence-corrected chi connectivity index (χ0v) is 20.1. The van der Waals surface area contributed by atoms with Gasteiger partial charge in [0.2, 0.25) is 0 Å². The van der Waals surface area contributed by atoms with Gasteiger partial charge in [-0.3, -0.25) is 4.40 Å². The molecule has 0 unspecified atom stereocenters.